The van der Waals surface area contributed by atoms with Crippen LogP contribution in [0.15, 0.2) is 18.3 Å². The molecule has 1 N–H and O–H groups in total. The lowest BCUT2D eigenvalue weighted by Gasteiger charge is -2.25. The monoisotopic (exact) mass is 177 g/mol. The van der Waals surface area contributed by atoms with Crippen LogP contribution in [-0.2, 0) is 0 Å². The predicted octanol–water partition coefficient (Wildman–Crippen LogP) is 2.05. The van der Waals surface area contributed by atoms with Gasteiger partial charge in [-0.3, -0.25) is 0 Å². The standard InChI is InChI=1S/C10H11NO2/c12-10(13)9-6-8(4-5-11-9)7-2-1-3-7/h4-7H,1-3H2,(H,12,13). The molecule has 0 aromatic carbocycles. The van der Waals surface area contributed by atoms with Crippen LogP contribution in [0.4, 0.5) is 0 Å². The van der Waals surface area contributed by atoms with Gasteiger partial charge in [0.15, 0.2) is 0 Å². The van der Waals surface area contributed by atoms with Crippen LogP contribution < -0.4 is 0 Å². The Morgan fingerprint density at radius 3 is 2.85 bits per heavy atom. The Morgan fingerprint density at radius 2 is 2.31 bits per heavy atom. The number of aromatic carboxylic acids is 1. The maximum atomic E-state index is 10.6. The third-order valence-corrected chi connectivity index (χ3v) is 2.58. The lowest BCUT2D eigenvalue weighted by atomic mass is 9.80. The lowest BCUT2D eigenvalue weighted by molar-refractivity contribution is 0.0690. The first kappa shape index (κ1) is 8.23. The van der Waals surface area contributed by atoms with Gasteiger partial charge in [-0.1, -0.05) is 6.42 Å². The van der Waals surface area contributed by atoms with Gasteiger partial charge < -0.3 is 5.11 Å². The van der Waals surface area contributed by atoms with E-state index in [9.17, 15) is 4.79 Å². The van der Waals surface area contributed by atoms with Gasteiger partial charge in [-0.15, -0.1) is 0 Å². The van der Waals surface area contributed by atoms with Gasteiger partial charge in [-0.2, -0.15) is 0 Å². The van der Waals surface area contributed by atoms with Gasteiger partial charge in [-0.25, -0.2) is 9.78 Å². The number of nitrogens with zero attached hydrogens (tertiary/aromatic N) is 1. The number of carboxylic acids is 1. The van der Waals surface area contributed by atoms with Gasteiger partial charge in [0.2, 0.25) is 0 Å². The molecule has 1 heterocycles. The Bertz CT molecular complexity index is 331. The molecule has 0 aliphatic heterocycles. The number of rotatable bonds is 2. The zero-order valence-corrected chi connectivity index (χ0v) is 7.23. The molecule has 3 heteroatoms. The minimum Gasteiger partial charge on any atom is -0.477 e. The van der Waals surface area contributed by atoms with Crippen molar-refractivity contribution in [2.24, 2.45) is 0 Å². The fourth-order valence-corrected chi connectivity index (χ4v) is 1.56. The number of aromatic nitrogens is 1. The molecule has 0 unspecified atom stereocenters. The molecule has 1 aliphatic carbocycles. The zero-order chi connectivity index (χ0) is 9.26. The smallest absolute Gasteiger partial charge is 0.354 e. The number of pyridine rings is 1. The second-order valence-corrected chi connectivity index (χ2v) is 3.41. The number of hydrogen-bond acceptors (Lipinski definition) is 2. The molecule has 1 aliphatic rings. The molecule has 1 aromatic rings. The Kier molecular flexibility index (Phi) is 2.00. The molecule has 2 rings (SSSR count). The molecule has 0 atom stereocenters. The maximum absolute atomic E-state index is 10.6. The van der Waals surface area contributed by atoms with E-state index in [0.717, 1.165) is 5.56 Å². The fraction of sp³-hybridized carbons (Fsp3) is 0.400. The van der Waals surface area contributed by atoms with E-state index >= 15 is 0 Å². The van der Waals surface area contributed by atoms with E-state index in [1.165, 1.54) is 19.3 Å². The molecule has 0 radical (unpaired) electrons. The van der Waals surface area contributed by atoms with Gasteiger partial charge in [0.25, 0.3) is 0 Å². The fourth-order valence-electron chi connectivity index (χ4n) is 1.56. The van der Waals surface area contributed by atoms with E-state index in [-0.39, 0.29) is 5.69 Å². The highest BCUT2D eigenvalue weighted by Gasteiger charge is 2.20. The van der Waals surface area contributed by atoms with Crippen LogP contribution in [0.1, 0.15) is 41.2 Å². The molecule has 1 saturated carbocycles. The molecule has 13 heavy (non-hydrogen) atoms. The van der Waals surface area contributed by atoms with Crippen molar-refractivity contribution in [1.82, 2.24) is 4.98 Å². The molecule has 0 saturated heterocycles. The number of carbonyl (C=O) groups is 1. The third-order valence-electron chi connectivity index (χ3n) is 2.58. The van der Waals surface area contributed by atoms with Gasteiger partial charge >= 0.3 is 5.97 Å². The van der Waals surface area contributed by atoms with Crippen LogP contribution in [0, 0.1) is 0 Å². The largest absolute Gasteiger partial charge is 0.477 e. The molecular formula is C10H11NO2. The summed E-state index contributed by atoms with van der Waals surface area (Å²) < 4.78 is 0. The Labute approximate surface area is 76.4 Å². The lowest BCUT2D eigenvalue weighted by Crippen LogP contribution is -2.10. The zero-order valence-electron chi connectivity index (χ0n) is 7.23. The van der Waals surface area contributed by atoms with Crippen molar-refractivity contribution in [3.05, 3.63) is 29.6 Å². The van der Waals surface area contributed by atoms with Crippen LogP contribution in [0.2, 0.25) is 0 Å². The average Bonchev–Trinajstić information content (AvgIpc) is 2.01. The van der Waals surface area contributed by atoms with E-state index in [2.05, 4.69) is 4.98 Å². The Morgan fingerprint density at radius 1 is 1.54 bits per heavy atom. The number of hydrogen-bond donors (Lipinski definition) is 1. The second-order valence-electron chi connectivity index (χ2n) is 3.41. The number of carboxylic acid groups (broad SMARTS) is 1. The van der Waals surface area contributed by atoms with Crippen molar-refractivity contribution in [3.63, 3.8) is 0 Å². The van der Waals surface area contributed by atoms with Crippen LogP contribution in [0.5, 0.6) is 0 Å². The van der Waals surface area contributed by atoms with Crippen molar-refractivity contribution >= 4 is 5.97 Å². The van der Waals surface area contributed by atoms with Crippen molar-refractivity contribution in [2.75, 3.05) is 0 Å². The normalized spacial score (nSPS) is 16.6. The highest BCUT2D eigenvalue weighted by atomic mass is 16.4. The summed E-state index contributed by atoms with van der Waals surface area (Å²) in [6, 6.07) is 3.60. The molecule has 1 fully saturated rings. The minimum absolute atomic E-state index is 0.157. The van der Waals surface area contributed by atoms with E-state index in [1.807, 2.05) is 6.07 Å². The van der Waals surface area contributed by atoms with Crippen LogP contribution >= 0.6 is 0 Å². The van der Waals surface area contributed by atoms with E-state index in [4.69, 9.17) is 5.11 Å². The van der Waals surface area contributed by atoms with Crippen molar-refractivity contribution in [2.45, 2.75) is 25.2 Å². The highest BCUT2D eigenvalue weighted by molar-refractivity contribution is 5.85. The molecule has 3 nitrogen and oxygen atoms in total. The average molecular weight is 177 g/mol. The summed E-state index contributed by atoms with van der Waals surface area (Å²) in [5.41, 5.74) is 1.28. The summed E-state index contributed by atoms with van der Waals surface area (Å²) in [5, 5.41) is 8.72. The third kappa shape index (κ3) is 1.54. The van der Waals surface area contributed by atoms with Crippen LogP contribution in [-0.4, -0.2) is 16.1 Å². The summed E-state index contributed by atoms with van der Waals surface area (Å²) in [6.45, 7) is 0. The van der Waals surface area contributed by atoms with Crippen LogP contribution in [0.3, 0.4) is 0 Å². The van der Waals surface area contributed by atoms with Crippen molar-refractivity contribution in [1.29, 1.82) is 0 Å². The highest BCUT2D eigenvalue weighted by Crippen LogP contribution is 2.36. The van der Waals surface area contributed by atoms with Gasteiger partial charge in [0, 0.05) is 6.20 Å². The first-order chi connectivity index (χ1) is 6.27. The van der Waals surface area contributed by atoms with Crippen molar-refractivity contribution < 1.29 is 9.90 Å². The second kappa shape index (κ2) is 3.17. The molecular weight excluding hydrogens is 166 g/mol. The molecule has 0 bridgehead atoms. The quantitative estimate of drug-likeness (QED) is 0.752. The van der Waals surface area contributed by atoms with E-state index < -0.39 is 5.97 Å². The predicted molar refractivity (Wildman–Crippen MR) is 47.8 cm³/mol. The molecule has 68 valence electrons. The summed E-state index contributed by atoms with van der Waals surface area (Å²) in [6.07, 6.45) is 5.21. The summed E-state index contributed by atoms with van der Waals surface area (Å²) in [4.78, 5) is 14.4. The molecule has 0 spiro atoms. The summed E-state index contributed by atoms with van der Waals surface area (Å²) >= 11 is 0. The summed E-state index contributed by atoms with van der Waals surface area (Å²) in [5.74, 6) is -0.373. The Balaban J connectivity index is 2.26. The van der Waals surface area contributed by atoms with Crippen molar-refractivity contribution in [3.8, 4) is 0 Å². The van der Waals surface area contributed by atoms with E-state index in [0.29, 0.717) is 5.92 Å². The Hall–Kier alpha value is -1.38. The van der Waals surface area contributed by atoms with Gasteiger partial charge in [0.1, 0.15) is 5.69 Å². The molecule has 0 amide bonds. The summed E-state index contributed by atoms with van der Waals surface area (Å²) in [7, 11) is 0. The SMILES string of the molecule is O=C(O)c1cc(C2CCC2)ccn1. The topological polar surface area (TPSA) is 50.2 Å². The first-order valence-corrected chi connectivity index (χ1v) is 4.46. The van der Waals surface area contributed by atoms with Gasteiger partial charge in [-0.05, 0) is 36.5 Å². The van der Waals surface area contributed by atoms with Gasteiger partial charge in [0.05, 0.1) is 0 Å². The first-order valence-electron chi connectivity index (χ1n) is 4.46. The van der Waals surface area contributed by atoms with Crippen LogP contribution in [0.25, 0.3) is 0 Å². The maximum Gasteiger partial charge on any atom is 0.354 e. The van der Waals surface area contributed by atoms with E-state index in [1.54, 1.807) is 12.3 Å². The molecule has 1 aromatic heterocycles. The minimum atomic E-state index is -0.943.